The maximum atomic E-state index is 12.8. The van der Waals surface area contributed by atoms with E-state index in [0.717, 1.165) is 24.5 Å². The summed E-state index contributed by atoms with van der Waals surface area (Å²) < 4.78 is 30.8. The van der Waals surface area contributed by atoms with E-state index in [1.54, 1.807) is 11.6 Å². The van der Waals surface area contributed by atoms with Crippen molar-refractivity contribution in [3.05, 3.63) is 24.2 Å². The van der Waals surface area contributed by atoms with E-state index in [0.29, 0.717) is 19.6 Å². The Labute approximate surface area is 148 Å². The third-order valence-electron chi connectivity index (χ3n) is 4.49. The highest BCUT2D eigenvalue weighted by atomic mass is 32.2. The molecule has 0 N–H and O–H groups in total. The minimum absolute atomic E-state index is 0.0423. The van der Waals surface area contributed by atoms with Gasteiger partial charge in [-0.25, -0.2) is 13.4 Å². The second-order valence-corrected chi connectivity index (χ2v) is 8.74. The number of rotatable bonds is 5. The first kappa shape index (κ1) is 18.0. The second kappa shape index (κ2) is 6.85. The Hall–Kier alpha value is -1.78. The minimum Gasteiger partial charge on any atom is -0.339 e. The van der Waals surface area contributed by atoms with Gasteiger partial charge in [0.05, 0.1) is 12.9 Å². The van der Waals surface area contributed by atoms with Crippen LogP contribution in [0.2, 0.25) is 0 Å². The van der Waals surface area contributed by atoms with Crippen LogP contribution in [0.15, 0.2) is 17.6 Å². The van der Waals surface area contributed by atoms with Gasteiger partial charge in [-0.1, -0.05) is 0 Å². The Morgan fingerprint density at radius 1 is 1.28 bits per heavy atom. The number of hydrogen-bond donors (Lipinski definition) is 0. The number of imidazole rings is 1. The quantitative estimate of drug-likeness (QED) is 0.749. The second-order valence-electron chi connectivity index (χ2n) is 6.85. The summed E-state index contributed by atoms with van der Waals surface area (Å²) in [4.78, 5) is 6.04. The third-order valence-corrected chi connectivity index (χ3v) is 6.24. The van der Waals surface area contributed by atoms with Crippen LogP contribution in [-0.4, -0.2) is 69.1 Å². The van der Waals surface area contributed by atoms with Crippen molar-refractivity contribution >= 4 is 10.0 Å². The van der Waals surface area contributed by atoms with Crippen LogP contribution in [0.5, 0.6) is 0 Å². The minimum atomic E-state index is -3.57. The first-order chi connectivity index (χ1) is 11.8. The Morgan fingerprint density at radius 3 is 2.68 bits per heavy atom. The molecular formula is C15H25N7O2S. The molecular weight excluding hydrogens is 342 g/mol. The van der Waals surface area contributed by atoms with Crippen LogP contribution < -0.4 is 0 Å². The monoisotopic (exact) mass is 367 g/mol. The molecule has 1 fully saturated rings. The van der Waals surface area contributed by atoms with Gasteiger partial charge >= 0.3 is 0 Å². The standard InChI is InChI=1S/C15H25N7O2S/c1-19(2)9-13-17-18-15(21(13)4)12-6-5-7-22(8-12)25(23,24)14-10-20(3)11-16-14/h10-12H,5-9H2,1-4H3/t12-/m1/s1. The van der Waals surface area contributed by atoms with E-state index >= 15 is 0 Å². The molecule has 2 aromatic heterocycles. The van der Waals surface area contributed by atoms with E-state index < -0.39 is 10.0 Å². The Bertz CT molecular complexity index is 840. The molecule has 0 unspecified atom stereocenters. The normalized spacial score (nSPS) is 19.6. The number of aryl methyl sites for hydroxylation is 1. The maximum absolute atomic E-state index is 12.8. The number of piperidine rings is 1. The number of hydrogen-bond acceptors (Lipinski definition) is 6. The first-order valence-corrected chi connectivity index (χ1v) is 9.74. The molecule has 0 amide bonds. The Kier molecular flexibility index (Phi) is 4.94. The molecule has 0 aliphatic carbocycles. The van der Waals surface area contributed by atoms with E-state index in [4.69, 9.17) is 0 Å². The summed E-state index contributed by atoms with van der Waals surface area (Å²) in [5, 5.41) is 8.70. The lowest BCUT2D eigenvalue weighted by atomic mass is 9.99. The molecule has 3 heterocycles. The van der Waals surface area contributed by atoms with Gasteiger partial charge in [0.1, 0.15) is 11.6 Å². The van der Waals surface area contributed by atoms with Gasteiger partial charge in [0, 0.05) is 39.3 Å². The van der Waals surface area contributed by atoms with Gasteiger partial charge < -0.3 is 14.0 Å². The summed E-state index contributed by atoms with van der Waals surface area (Å²) in [7, 11) is 4.10. The average Bonchev–Trinajstić information content (AvgIpc) is 3.14. The molecule has 9 nitrogen and oxygen atoms in total. The van der Waals surface area contributed by atoms with E-state index in [-0.39, 0.29) is 10.9 Å². The smallest absolute Gasteiger partial charge is 0.262 e. The van der Waals surface area contributed by atoms with Crippen molar-refractivity contribution in [2.75, 3.05) is 27.2 Å². The summed E-state index contributed by atoms with van der Waals surface area (Å²) in [6.45, 7) is 1.62. The van der Waals surface area contributed by atoms with E-state index in [9.17, 15) is 8.42 Å². The lowest BCUT2D eigenvalue weighted by molar-refractivity contribution is 0.304. The van der Waals surface area contributed by atoms with Crippen LogP contribution in [0.4, 0.5) is 0 Å². The summed E-state index contributed by atoms with van der Waals surface area (Å²) in [6.07, 6.45) is 4.75. The fourth-order valence-corrected chi connectivity index (χ4v) is 4.67. The van der Waals surface area contributed by atoms with Gasteiger partial charge in [0.2, 0.25) is 0 Å². The molecule has 1 atom stereocenters. The predicted molar refractivity (Wildman–Crippen MR) is 92.3 cm³/mol. The predicted octanol–water partition coefficient (Wildman–Crippen LogP) is 0.179. The van der Waals surface area contributed by atoms with Gasteiger partial charge in [-0.3, -0.25) is 0 Å². The van der Waals surface area contributed by atoms with Crippen LogP contribution in [0.1, 0.15) is 30.4 Å². The van der Waals surface area contributed by atoms with Crippen LogP contribution >= 0.6 is 0 Å². The van der Waals surface area contributed by atoms with Crippen molar-refractivity contribution in [2.45, 2.75) is 30.3 Å². The highest BCUT2D eigenvalue weighted by Gasteiger charge is 2.34. The lowest BCUT2D eigenvalue weighted by Crippen LogP contribution is -2.39. The van der Waals surface area contributed by atoms with E-state index in [2.05, 4.69) is 15.2 Å². The summed E-state index contributed by atoms with van der Waals surface area (Å²) in [5.74, 6) is 1.77. The highest BCUT2D eigenvalue weighted by molar-refractivity contribution is 7.89. The van der Waals surface area contributed by atoms with E-state index in [1.807, 2.05) is 30.6 Å². The topological polar surface area (TPSA) is 89.2 Å². The van der Waals surface area contributed by atoms with Crippen molar-refractivity contribution in [3.8, 4) is 0 Å². The largest absolute Gasteiger partial charge is 0.339 e. The molecule has 138 valence electrons. The summed E-state index contributed by atoms with van der Waals surface area (Å²) >= 11 is 0. The first-order valence-electron chi connectivity index (χ1n) is 8.30. The van der Waals surface area contributed by atoms with Gasteiger partial charge in [0.25, 0.3) is 10.0 Å². The van der Waals surface area contributed by atoms with Crippen LogP contribution in [-0.2, 0) is 30.7 Å². The van der Waals surface area contributed by atoms with Crippen molar-refractivity contribution in [2.24, 2.45) is 14.1 Å². The highest BCUT2D eigenvalue weighted by Crippen LogP contribution is 2.29. The molecule has 1 saturated heterocycles. The van der Waals surface area contributed by atoms with Crippen molar-refractivity contribution in [3.63, 3.8) is 0 Å². The average molecular weight is 367 g/mol. The Morgan fingerprint density at radius 2 is 2.04 bits per heavy atom. The molecule has 1 aliphatic heterocycles. The summed E-state index contributed by atoms with van der Waals surface area (Å²) in [6, 6.07) is 0. The zero-order chi connectivity index (χ0) is 18.2. The van der Waals surface area contributed by atoms with Gasteiger partial charge in [0.15, 0.2) is 5.03 Å². The summed E-state index contributed by atoms with van der Waals surface area (Å²) in [5.41, 5.74) is 0. The molecule has 0 bridgehead atoms. The van der Waals surface area contributed by atoms with E-state index in [1.165, 1.54) is 16.8 Å². The fourth-order valence-electron chi connectivity index (χ4n) is 3.18. The molecule has 3 rings (SSSR count). The lowest BCUT2D eigenvalue weighted by Gasteiger charge is -2.30. The molecule has 25 heavy (non-hydrogen) atoms. The van der Waals surface area contributed by atoms with Crippen molar-refractivity contribution in [1.29, 1.82) is 0 Å². The van der Waals surface area contributed by atoms with Crippen LogP contribution in [0.3, 0.4) is 0 Å². The number of sulfonamides is 1. The Balaban J connectivity index is 1.81. The molecule has 0 radical (unpaired) electrons. The molecule has 1 aliphatic rings. The van der Waals surface area contributed by atoms with Gasteiger partial charge in [-0.15, -0.1) is 10.2 Å². The number of nitrogens with zero attached hydrogens (tertiary/aromatic N) is 7. The van der Waals surface area contributed by atoms with Gasteiger partial charge in [-0.2, -0.15) is 4.31 Å². The maximum Gasteiger partial charge on any atom is 0.262 e. The van der Waals surface area contributed by atoms with Crippen molar-refractivity contribution < 1.29 is 8.42 Å². The molecule has 0 spiro atoms. The van der Waals surface area contributed by atoms with Gasteiger partial charge in [-0.05, 0) is 26.9 Å². The number of aromatic nitrogens is 5. The fraction of sp³-hybridized carbons (Fsp3) is 0.667. The van der Waals surface area contributed by atoms with Crippen molar-refractivity contribution in [1.82, 2.24) is 33.5 Å². The molecule has 0 saturated carbocycles. The zero-order valence-electron chi connectivity index (χ0n) is 15.1. The molecule has 0 aromatic carbocycles. The molecule has 10 heteroatoms. The van der Waals surface area contributed by atoms with Crippen LogP contribution in [0.25, 0.3) is 0 Å². The molecule has 2 aromatic rings. The third kappa shape index (κ3) is 3.60. The van der Waals surface area contributed by atoms with Crippen LogP contribution in [0, 0.1) is 0 Å². The zero-order valence-corrected chi connectivity index (χ0v) is 15.9. The SMILES string of the molecule is CN(C)Cc1nnc([C@@H]2CCCN(S(=O)(=O)c3cn(C)cn3)C2)n1C.